The molecule has 3 aromatic carbocycles. The van der Waals surface area contributed by atoms with Crippen LogP contribution in [0, 0.1) is 0 Å². The van der Waals surface area contributed by atoms with E-state index in [2.05, 4.69) is 0 Å². The van der Waals surface area contributed by atoms with Gasteiger partial charge < -0.3 is 14.2 Å². The zero-order chi connectivity index (χ0) is 19.5. The molecule has 0 aliphatic carbocycles. The van der Waals surface area contributed by atoms with E-state index in [1.54, 1.807) is 31.3 Å². The van der Waals surface area contributed by atoms with E-state index in [0.29, 0.717) is 17.9 Å². The second-order valence-electron chi connectivity index (χ2n) is 6.47. The van der Waals surface area contributed by atoms with E-state index >= 15 is 0 Å². The van der Waals surface area contributed by atoms with Crippen molar-refractivity contribution in [2.75, 3.05) is 19.1 Å². The predicted molar refractivity (Wildman–Crippen MR) is 107 cm³/mol. The molecule has 0 bridgehead atoms. The third-order valence-electron chi connectivity index (χ3n) is 4.82. The molecule has 0 radical (unpaired) electrons. The third-order valence-corrected chi connectivity index (χ3v) is 4.82. The Labute approximate surface area is 164 Å². The van der Waals surface area contributed by atoms with Crippen molar-refractivity contribution in [2.45, 2.75) is 12.8 Å². The van der Waals surface area contributed by atoms with Crippen LogP contribution >= 0.6 is 0 Å². The van der Waals surface area contributed by atoms with Crippen LogP contribution in [0.5, 0.6) is 11.5 Å². The first kappa shape index (κ1) is 18.1. The van der Waals surface area contributed by atoms with Crippen molar-refractivity contribution in [2.24, 2.45) is 0 Å². The number of hydrogen-bond acceptors (Lipinski definition) is 4. The van der Waals surface area contributed by atoms with Crippen molar-refractivity contribution < 1.29 is 19.0 Å². The van der Waals surface area contributed by atoms with E-state index in [0.717, 1.165) is 22.6 Å². The third kappa shape index (κ3) is 3.32. The van der Waals surface area contributed by atoms with Gasteiger partial charge in [-0.05, 0) is 36.4 Å². The molecule has 1 amide bonds. The second-order valence-corrected chi connectivity index (χ2v) is 6.47. The van der Waals surface area contributed by atoms with Gasteiger partial charge in [0, 0.05) is 16.7 Å². The molecule has 4 rings (SSSR count). The maximum atomic E-state index is 13.5. The van der Waals surface area contributed by atoms with Crippen molar-refractivity contribution in [3.05, 3.63) is 89.5 Å². The molecule has 28 heavy (non-hydrogen) atoms. The molecule has 0 N–H and O–H groups in total. The minimum absolute atomic E-state index is 0.146. The SMILES string of the molecule is COc1ccc(C2OCc3ccccc3N2C(=O)c2cccc(OC)c2)cc1. The van der Waals surface area contributed by atoms with Crippen LogP contribution in [0.25, 0.3) is 0 Å². The predicted octanol–water partition coefficient (Wildman–Crippen LogP) is 4.58. The van der Waals surface area contributed by atoms with Gasteiger partial charge in [-0.2, -0.15) is 0 Å². The summed E-state index contributed by atoms with van der Waals surface area (Å²) < 4.78 is 16.6. The summed E-state index contributed by atoms with van der Waals surface area (Å²) >= 11 is 0. The van der Waals surface area contributed by atoms with Crippen LogP contribution in [-0.4, -0.2) is 20.1 Å². The first-order valence-corrected chi connectivity index (χ1v) is 9.02. The molecule has 1 heterocycles. The number of fused-ring (bicyclic) bond motifs is 1. The van der Waals surface area contributed by atoms with Gasteiger partial charge in [0.15, 0.2) is 6.23 Å². The summed E-state index contributed by atoms with van der Waals surface area (Å²) in [5.74, 6) is 1.25. The molecule has 0 aromatic heterocycles. The van der Waals surface area contributed by atoms with Crippen LogP contribution < -0.4 is 14.4 Å². The van der Waals surface area contributed by atoms with Crippen molar-refractivity contribution >= 4 is 11.6 Å². The number of methoxy groups -OCH3 is 2. The van der Waals surface area contributed by atoms with Crippen molar-refractivity contribution in [1.29, 1.82) is 0 Å². The number of nitrogens with zero attached hydrogens (tertiary/aromatic N) is 1. The van der Waals surface area contributed by atoms with Gasteiger partial charge in [-0.25, -0.2) is 0 Å². The van der Waals surface area contributed by atoms with Crippen LogP contribution in [0.2, 0.25) is 0 Å². The Hall–Kier alpha value is -3.31. The highest BCUT2D eigenvalue weighted by atomic mass is 16.5. The van der Waals surface area contributed by atoms with Crippen molar-refractivity contribution in [3.8, 4) is 11.5 Å². The zero-order valence-electron chi connectivity index (χ0n) is 15.8. The van der Waals surface area contributed by atoms with Gasteiger partial charge in [0.05, 0.1) is 26.5 Å². The number of carbonyl (C=O) groups excluding carboxylic acids is 1. The Kier molecular flexibility index (Phi) is 5.00. The summed E-state index contributed by atoms with van der Waals surface area (Å²) in [5.41, 5.74) is 3.25. The van der Waals surface area contributed by atoms with Gasteiger partial charge in [0.2, 0.25) is 0 Å². The average Bonchev–Trinajstić information content (AvgIpc) is 2.78. The molecule has 3 aromatic rings. The number of para-hydroxylation sites is 1. The number of anilines is 1. The first-order chi connectivity index (χ1) is 13.7. The smallest absolute Gasteiger partial charge is 0.260 e. The maximum absolute atomic E-state index is 13.5. The van der Waals surface area contributed by atoms with Gasteiger partial charge in [-0.1, -0.05) is 36.4 Å². The zero-order valence-corrected chi connectivity index (χ0v) is 15.8. The molecule has 1 unspecified atom stereocenters. The second kappa shape index (κ2) is 7.74. The van der Waals surface area contributed by atoms with Crippen molar-refractivity contribution in [3.63, 3.8) is 0 Å². The van der Waals surface area contributed by atoms with Crippen molar-refractivity contribution in [1.82, 2.24) is 0 Å². The summed E-state index contributed by atoms with van der Waals surface area (Å²) in [6.07, 6.45) is -0.528. The Morgan fingerprint density at radius 2 is 1.68 bits per heavy atom. The lowest BCUT2D eigenvalue weighted by Gasteiger charge is -2.37. The quantitative estimate of drug-likeness (QED) is 0.670. The van der Waals surface area contributed by atoms with Crippen LogP contribution in [0.15, 0.2) is 72.8 Å². The number of ether oxygens (including phenoxy) is 3. The van der Waals surface area contributed by atoms with E-state index < -0.39 is 6.23 Å². The topological polar surface area (TPSA) is 48.0 Å². The molecule has 1 aliphatic rings. The fourth-order valence-corrected chi connectivity index (χ4v) is 3.36. The van der Waals surface area contributed by atoms with Crippen LogP contribution in [-0.2, 0) is 11.3 Å². The Bertz CT molecular complexity index is 984. The fourth-order valence-electron chi connectivity index (χ4n) is 3.36. The van der Waals surface area contributed by atoms with Crippen LogP contribution in [0.4, 0.5) is 5.69 Å². The number of hydrogen-bond donors (Lipinski definition) is 0. The molecule has 0 saturated heterocycles. The minimum atomic E-state index is -0.528. The molecule has 0 saturated carbocycles. The lowest BCUT2D eigenvalue weighted by Crippen LogP contribution is -2.39. The number of benzene rings is 3. The minimum Gasteiger partial charge on any atom is -0.497 e. The molecular formula is C23H21NO4. The van der Waals surface area contributed by atoms with E-state index in [4.69, 9.17) is 14.2 Å². The number of rotatable bonds is 4. The first-order valence-electron chi connectivity index (χ1n) is 9.02. The van der Waals surface area contributed by atoms with Crippen LogP contribution in [0.1, 0.15) is 27.7 Å². The van der Waals surface area contributed by atoms with Crippen LogP contribution in [0.3, 0.4) is 0 Å². The highest BCUT2D eigenvalue weighted by Crippen LogP contribution is 2.38. The largest absolute Gasteiger partial charge is 0.497 e. The maximum Gasteiger partial charge on any atom is 0.260 e. The average molecular weight is 375 g/mol. The molecule has 142 valence electrons. The van der Waals surface area contributed by atoms with E-state index in [1.165, 1.54) is 0 Å². The lowest BCUT2D eigenvalue weighted by molar-refractivity contribution is 0.0254. The Morgan fingerprint density at radius 1 is 0.929 bits per heavy atom. The number of carbonyl (C=O) groups is 1. The molecule has 1 aliphatic heterocycles. The lowest BCUT2D eigenvalue weighted by atomic mass is 10.0. The fraction of sp³-hybridized carbons (Fsp3) is 0.174. The van der Waals surface area contributed by atoms with Gasteiger partial charge in [-0.15, -0.1) is 0 Å². The Balaban J connectivity index is 1.78. The molecular weight excluding hydrogens is 354 g/mol. The molecule has 5 heteroatoms. The normalized spacial score (nSPS) is 15.6. The molecule has 0 fully saturated rings. The summed E-state index contributed by atoms with van der Waals surface area (Å²) in [5, 5.41) is 0. The summed E-state index contributed by atoms with van der Waals surface area (Å²) in [7, 11) is 3.21. The Morgan fingerprint density at radius 3 is 2.43 bits per heavy atom. The summed E-state index contributed by atoms with van der Waals surface area (Å²) in [4.78, 5) is 15.2. The van der Waals surface area contributed by atoms with E-state index in [1.807, 2.05) is 60.7 Å². The molecule has 0 spiro atoms. The monoisotopic (exact) mass is 375 g/mol. The summed E-state index contributed by atoms with van der Waals surface area (Å²) in [6.45, 7) is 0.439. The van der Waals surface area contributed by atoms with Gasteiger partial charge in [-0.3, -0.25) is 9.69 Å². The van der Waals surface area contributed by atoms with E-state index in [-0.39, 0.29) is 5.91 Å². The summed E-state index contributed by atoms with van der Waals surface area (Å²) in [6, 6.07) is 22.5. The molecule has 5 nitrogen and oxygen atoms in total. The van der Waals surface area contributed by atoms with Gasteiger partial charge in [0.25, 0.3) is 5.91 Å². The number of amides is 1. The standard InChI is InChI=1S/C23H21NO4/c1-26-19-12-10-16(11-13-19)23-24(21-9-4-3-6-18(21)15-28-23)22(25)17-7-5-8-20(14-17)27-2/h3-14,23H,15H2,1-2H3. The highest BCUT2D eigenvalue weighted by Gasteiger charge is 2.33. The van der Waals surface area contributed by atoms with E-state index in [9.17, 15) is 4.79 Å². The highest BCUT2D eigenvalue weighted by molar-refractivity contribution is 6.07. The van der Waals surface area contributed by atoms with Gasteiger partial charge >= 0.3 is 0 Å². The van der Waals surface area contributed by atoms with Gasteiger partial charge in [0.1, 0.15) is 11.5 Å². The molecule has 1 atom stereocenters.